The Morgan fingerprint density at radius 1 is 1.37 bits per heavy atom. The molecule has 0 aromatic rings. The molecular weight excluding hydrogens is 254 g/mol. The van der Waals surface area contributed by atoms with Crippen LogP contribution in [0.3, 0.4) is 0 Å². The van der Waals surface area contributed by atoms with Crippen molar-refractivity contribution in [2.45, 2.75) is 32.2 Å². The zero-order chi connectivity index (χ0) is 14.7. The SMILES string of the molecule is CCOCCCNC(=O)N[C@@H](CCC(N)=O)C(=O)O. The molecule has 8 nitrogen and oxygen atoms in total. The van der Waals surface area contributed by atoms with Crippen LogP contribution in [0.25, 0.3) is 0 Å². The molecule has 0 aromatic heterocycles. The number of amides is 3. The molecule has 0 bridgehead atoms. The molecule has 19 heavy (non-hydrogen) atoms. The van der Waals surface area contributed by atoms with Crippen molar-refractivity contribution >= 4 is 17.9 Å². The van der Waals surface area contributed by atoms with E-state index in [9.17, 15) is 14.4 Å². The quantitative estimate of drug-likeness (QED) is 0.397. The van der Waals surface area contributed by atoms with E-state index in [-0.39, 0.29) is 12.8 Å². The lowest BCUT2D eigenvalue weighted by Crippen LogP contribution is -2.46. The van der Waals surface area contributed by atoms with Crippen LogP contribution < -0.4 is 16.4 Å². The van der Waals surface area contributed by atoms with Crippen LogP contribution in [-0.2, 0) is 14.3 Å². The first-order chi connectivity index (χ1) is 8.97. The molecule has 0 aliphatic heterocycles. The van der Waals surface area contributed by atoms with E-state index < -0.39 is 23.9 Å². The predicted molar refractivity (Wildman–Crippen MR) is 67.5 cm³/mol. The average molecular weight is 275 g/mol. The first kappa shape index (κ1) is 17.2. The fourth-order valence-corrected chi connectivity index (χ4v) is 1.27. The van der Waals surface area contributed by atoms with E-state index in [1.54, 1.807) is 0 Å². The fourth-order valence-electron chi connectivity index (χ4n) is 1.27. The van der Waals surface area contributed by atoms with Gasteiger partial charge in [-0.25, -0.2) is 9.59 Å². The largest absolute Gasteiger partial charge is 0.480 e. The van der Waals surface area contributed by atoms with Crippen molar-refractivity contribution in [3.63, 3.8) is 0 Å². The third-order valence-electron chi connectivity index (χ3n) is 2.24. The predicted octanol–water partition coefficient (Wildman–Crippen LogP) is -0.569. The number of nitrogens with one attached hydrogen (secondary N) is 2. The number of primary amides is 1. The molecule has 0 spiro atoms. The Hall–Kier alpha value is -1.83. The Labute approximate surface area is 111 Å². The smallest absolute Gasteiger partial charge is 0.326 e. The van der Waals surface area contributed by atoms with Crippen molar-refractivity contribution in [1.29, 1.82) is 0 Å². The van der Waals surface area contributed by atoms with E-state index in [4.69, 9.17) is 15.6 Å². The summed E-state index contributed by atoms with van der Waals surface area (Å²) in [7, 11) is 0. The molecule has 8 heteroatoms. The third kappa shape index (κ3) is 9.83. The van der Waals surface area contributed by atoms with Crippen LogP contribution >= 0.6 is 0 Å². The number of carbonyl (C=O) groups excluding carboxylic acids is 2. The summed E-state index contributed by atoms with van der Waals surface area (Å²) in [5.41, 5.74) is 4.92. The molecule has 0 saturated heterocycles. The number of hydrogen-bond acceptors (Lipinski definition) is 4. The van der Waals surface area contributed by atoms with Crippen molar-refractivity contribution in [2.75, 3.05) is 19.8 Å². The van der Waals surface area contributed by atoms with E-state index in [1.165, 1.54) is 0 Å². The number of nitrogens with two attached hydrogens (primary N) is 1. The van der Waals surface area contributed by atoms with Gasteiger partial charge in [0.05, 0.1) is 0 Å². The number of carboxylic acid groups (broad SMARTS) is 1. The maximum absolute atomic E-state index is 11.4. The summed E-state index contributed by atoms with van der Waals surface area (Å²) in [5.74, 6) is -1.81. The molecule has 0 unspecified atom stereocenters. The minimum atomic E-state index is -1.20. The lowest BCUT2D eigenvalue weighted by atomic mass is 10.1. The third-order valence-corrected chi connectivity index (χ3v) is 2.24. The number of carbonyl (C=O) groups is 3. The number of carboxylic acids is 1. The minimum Gasteiger partial charge on any atom is -0.480 e. The van der Waals surface area contributed by atoms with Gasteiger partial charge in [-0.1, -0.05) is 0 Å². The molecule has 0 aromatic carbocycles. The van der Waals surface area contributed by atoms with E-state index in [0.29, 0.717) is 26.2 Å². The van der Waals surface area contributed by atoms with E-state index in [0.717, 1.165) is 0 Å². The van der Waals surface area contributed by atoms with Crippen molar-refractivity contribution in [1.82, 2.24) is 10.6 Å². The van der Waals surface area contributed by atoms with E-state index in [1.807, 2.05) is 6.92 Å². The number of rotatable bonds is 10. The van der Waals surface area contributed by atoms with Crippen LogP contribution in [0.15, 0.2) is 0 Å². The van der Waals surface area contributed by atoms with Crippen molar-refractivity contribution in [3.05, 3.63) is 0 Å². The highest BCUT2D eigenvalue weighted by Gasteiger charge is 2.20. The zero-order valence-electron chi connectivity index (χ0n) is 11.0. The van der Waals surface area contributed by atoms with Gasteiger partial charge < -0.3 is 26.2 Å². The molecule has 0 rings (SSSR count). The summed E-state index contributed by atoms with van der Waals surface area (Å²) in [6.07, 6.45) is 0.513. The van der Waals surface area contributed by atoms with Crippen LogP contribution in [0.4, 0.5) is 4.79 Å². The van der Waals surface area contributed by atoms with Gasteiger partial charge >= 0.3 is 12.0 Å². The Bertz CT molecular complexity index is 309. The summed E-state index contributed by atoms with van der Waals surface area (Å²) in [4.78, 5) is 32.8. The summed E-state index contributed by atoms with van der Waals surface area (Å²) < 4.78 is 5.08. The van der Waals surface area contributed by atoms with Crippen molar-refractivity contribution in [2.24, 2.45) is 5.73 Å². The Kier molecular flexibility index (Phi) is 9.15. The molecule has 0 aliphatic rings. The lowest BCUT2D eigenvalue weighted by molar-refractivity contribution is -0.139. The first-order valence-electron chi connectivity index (χ1n) is 6.10. The lowest BCUT2D eigenvalue weighted by Gasteiger charge is -2.14. The van der Waals surface area contributed by atoms with Crippen LogP contribution in [0.2, 0.25) is 0 Å². The number of hydrogen-bond donors (Lipinski definition) is 4. The van der Waals surface area contributed by atoms with Crippen LogP contribution in [0, 0.1) is 0 Å². The monoisotopic (exact) mass is 275 g/mol. The van der Waals surface area contributed by atoms with Crippen LogP contribution in [0.1, 0.15) is 26.2 Å². The van der Waals surface area contributed by atoms with Gasteiger partial charge in [-0.15, -0.1) is 0 Å². The fraction of sp³-hybridized carbons (Fsp3) is 0.727. The highest BCUT2D eigenvalue weighted by Crippen LogP contribution is 1.97. The summed E-state index contributed by atoms with van der Waals surface area (Å²) >= 11 is 0. The minimum absolute atomic E-state index is 0.0307. The highest BCUT2D eigenvalue weighted by atomic mass is 16.5. The van der Waals surface area contributed by atoms with Gasteiger partial charge in [0.25, 0.3) is 0 Å². The highest BCUT2D eigenvalue weighted by molar-refractivity contribution is 5.83. The van der Waals surface area contributed by atoms with E-state index in [2.05, 4.69) is 10.6 Å². The maximum atomic E-state index is 11.4. The van der Waals surface area contributed by atoms with Gasteiger partial charge in [0.1, 0.15) is 6.04 Å². The van der Waals surface area contributed by atoms with Gasteiger partial charge in [-0.05, 0) is 19.8 Å². The topological polar surface area (TPSA) is 131 Å². The van der Waals surface area contributed by atoms with Crippen LogP contribution in [0.5, 0.6) is 0 Å². The maximum Gasteiger partial charge on any atom is 0.326 e. The number of aliphatic carboxylic acids is 1. The van der Waals surface area contributed by atoms with Gasteiger partial charge in [0, 0.05) is 26.2 Å². The molecule has 0 fully saturated rings. The van der Waals surface area contributed by atoms with Gasteiger partial charge in [-0.2, -0.15) is 0 Å². The second-order valence-corrected chi connectivity index (χ2v) is 3.85. The summed E-state index contributed by atoms with van der Waals surface area (Å²) in [5, 5.41) is 13.6. The van der Waals surface area contributed by atoms with Crippen molar-refractivity contribution in [3.8, 4) is 0 Å². The first-order valence-corrected chi connectivity index (χ1v) is 6.10. The molecule has 0 heterocycles. The normalized spacial score (nSPS) is 11.6. The van der Waals surface area contributed by atoms with E-state index >= 15 is 0 Å². The van der Waals surface area contributed by atoms with Gasteiger partial charge in [0.2, 0.25) is 5.91 Å². The average Bonchev–Trinajstić information content (AvgIpc) is 2.33. The Morgan fingerprint density at radius 2 is 2.05 bits per heavy atom. The molecular formula is C11H21N3O5. The van der Waals surface area contributed by atoms with Gasteiger partial charge in [0.15, 0.2) is 0 Å². The molecule has 0 saturated carbocycles. The standard InChI is InChI=1S/C11H21N3O5/c1-2-19-7-3-6-13-11(18)14-8(10(16)17)4-5-9(12)15/h8H,2-7H2,1H3,(H2,12,15)(H,16,17)(H2,13,14,18)/t8-/m0/s1. The number of ether oxygens (including phenoxy) is 1. The zero-order valence-corrected chi connectivity index (χ0v) is 11.0. The van der Waals surface area contributed by atoms with Crippen molar-refractivity contribution < 1.29 is 24.2 Å². The summed E-state index contributed by atoms with van der Waals surface area (Å²) in [6, 6.07) is -1.72. The molecule has 3 amide bonds. The Balaban J connectivity index is 3.90. The molecule has 1 atom stereocenters. The number of urea groups is 1. The Morgan fingerprint density at radius 3 is 2.58 bits per heavy atom. The van der Waals surface area contributed by atoms with Crippen LogP contribution in [-0.4, -0.2) is 48.8 Å². The summed E-state index contributed by atoms with van der Waals surface area (Å²) in [6.45, 7) is 3.39. The van der Waals surface area contributed by atoms with Gasteiger partial charge in [-0.3, -0.25) is 4.79 Å². The second kappa shape index (κ2) is 10.1. The molecule has 5 N–H and O–H groups in total. The molecule has 0 radical (unpaired) electrons. The molecule has 110 valence electrons. The molecule has 0 aliphatic carbocycles. The second-order valence-electron chi connectivity index (χ2n) is 3.85.